The Morgan fingerprint density at radius 1 is 0.490 bits per heavy atom. The van der Waals surface area contributed by atoms with E-state index >= 15 is 0 Å². The van der Waals surface area contributed by atoms with Crippen LogP contribution in [0.15, 0.2) is 69.6 Å². The summed E-state index contributed by atoms with van der Waals surface area (Å²) in [5.41, 5.74) is -0.600. The van der Waals surface area contributed by atoms with Crippen molar-refractivity contribution in [3.05, 3.63) is 89.2 Å². The molecule has 2 saturated heterocycles. The van der Waals surface area contributed by atoms with E-state index in [9.17, 15) is 38.4 Å². The zero-order valence-electron chi connectivity index (χ0n) is 67.6. The van der Waals surface area contributed by atoms with Gasteiger partial charge in [-0.1, -0.05) is 111 Å². The lowest BCUT2D eigenvalue weighted by Gasteiger charge is -2.19. The minimum Gasteiger partial charge on any atom is -0.448 e. The first-order valence-corrected chi connectivity index (χ1v) is 35.6. The first-order chi connectivity index (χ1) is 46.4. The highest BCUT2D eigenvalue weighted by molar-refractivity contribution is 5.93. The number of H-pyrrole nitrogens is 3. The van der Waals surface area contributed by atoms with Gasteiger partial charge in [0.1, 0.15) is 19.3 Å². The van der Waals surface area contributed by atoms with E-state index in [1.54, 1.807) is 30.3 Å². The standard InChI is InChI=1S/C7H10N2O.C7H13NO.C6H10N2O2.C6H10N2O.C6H12N2.C6H11NO2.2C5H9N3O.C4H8N4O.8C2H6/c1-6(2)9-7(10)4-3-5-8-9;1-6(2)8-5-3-4-7(8)9;1-4(2)8-6(9)10-5(3)7-8;1-5(2)8-6(9)3-4-7-8;1-6(2)8-5-3-4-7-8;1-5(2)7-3-4-9-6(7)8;1-4(2)8-3-6-7-5(8)9;1-4(2)8-5(9)6-3-7-8;1-3(2)8-4(9)5-6-7-8;8*1-2/h3-6H,1-2H3;6H,3-5H2,1-2H3;4H,1-3H3;4-5H,3H2,1-2H3;4,6H,3,5H2,1-2H3;5H,3-4H2,1-2H3;3-4H,1-2H3,(H,7,9);3-4H,1-2H3,(H,6,7,9);3H,1-2H3,(H,5,7,9);8*1-2H3. The largest absolute Gasteiger partial charge is 0.448 e. The van der Waals surface area contributed by atoms with Gasteiger partial charge in [-0.15, -0.1) is 5.10 Å². The van der Waals surface area contributed by atoms with Crippen LogP contribution in [0.25, 0.3) is 0 Å². The van der Waals surface area contributed by atoms with Gasteiger partial charge in [-0.3, -0.25) is 28.9 Å². The molecule has 30 nitrogen and oxygen atoms in total. The molecular weight excluding hydrogens is 1260 g/mol. The third-order valence-electron chi connectivity index (χ3n) is 11.3. The summed E-state index contributed by atoms with van der Waals surface area (Å²) in [5.74, 6) is 0.459. The van der Waals surface area contributed by atoms with Crippen molar-refractivity contribution in [2.24, 2.45) is 10.2 Å². The van der Waals surface area contributed by atoms with Crippen molar-refractivity contribution in [1.29, 1.82) is 0 Å². The quantitative estimate of drug-likeness (QED) is 0.123. The SMILES string of the molecule is CC.CC.CC.CC.CC.CC.CC.CC.CC(C)N1CCC=N1.CC(C)N1CCCC1=O.CC(C)N1CCOC1=O.CC(C)N1N=CCC1=O.CC(C)n1cn[nH]c1=O.CC(C)n1nc[nH]c1=O.CC(C)n1ncccc1=O.CC(C)n1nn[nH]c1=O.Cc1nn(C(C)C)c(=O)o1. The number of hydrogen-bond acceptors (Lipinski definition) is 19. The summed E-state index contributed by atoms with van der Waals surface area (Å²) in [6, 6.07) is 5.24. The van der Waals surface area contributed by atoms with Gasteiger partial charge in [-0.25, -0.2) is 48.5 Å². The number of nitrogens with one attached hydrogen (secondary N) is 3. The van der Waals surface area contributed by atoms with Crippen LogP contribution in [0, 0.1) is 6.92 Å². The van der Waals surface area contributed by atoms with Crippen LogP contribution in [0.4, 0.5) is 4.79 Å². The number of aromatic amines is 3. The number of amides is 3. The first kappa shape index (κ1) is 106. The molecular formula is C68H140N20O10. The van der Waals surface area contributed by atoms with Crippen molar-refractivity contribution in [1.82, 2.24) is 89.1 Å². The molecule has 0 saturated carbocycles. The summed E-state index contributed by atoms with van der Waals surface area (Å²) in [7, 11) is 0. The number of rotatable bonds is 9. The molecule has 3 amide bonds. The average molecular weight is 1400 g/mol. The topological polar surface area (TPSA) is 346 Å². The Balaban J connectivity index is -0.000000151. The molecule has 0 spiro atoms. The van der Waals surface area contributed by atoms with Crippen LogP contribution in [0.2, 0.25) is 0 Å². The predicted molar refractivity (Wildman–Crippen MR) is 402 cm³/mol. The highest BCUT2D eigenvalue weighted by Crippen LogP contribution is 2.12. The molecule has 30 heteroatoms. The molecule has 572 valence electrons. The summed E-state index contributed by atoms with van der Waals surface area (Å²) in [6.07, 6.45) is 11.3. The van der Waals surface area contributed by atoms with Crippen molar-refractivity contribution >= 4 is 30.3 Å². The van der Waals surface area contributed by atoms with Crippen LogP contribution in [-0.2, 0) is 14.3 Å². The number of carbonyl (C=O) groups is 3. The normalized spacial score (nSPS) is 12.3. The summed E-state index contributed by atoms with van der Waals surface area (Å²) in [4.78, 5) is 92.4. The summed E-state index contributed by atoms with van der Waals surface area (Å²) < 4.78 is 16.3. The molecule has 0 aliphatic carbocycles. The molecule has 0 aromatic carbocycles. The Kier molecular flexibility index (Phi) is 73.0. The van der Waals surface area contributed by atoms with E-state index in [2.05, 4.69) is 93.3 Å². The van der Waals surface area contributed by atoms with Crippen LogP contribution in [-0.4, -0.2) is 170 Å². The van der Waals surface area contributed by atoms with Gasteiger partial charge in [-0.05, 0) is 148 Å². The molecule has 98 heavy (non-hydrogen) atoms. The van der Waals surface area contributed by atoms with Crippen LogP contribution in [0.5, 0.6) is 0 Å². The fraction of sp³-hybridized carbons (Fsp3) is 0.765. The second-order valence-corrected chi connectivity index (χ2v) is 21.0. The van der Waals surface area contributed by atoms with Crippen molar-refractivity contribution < 1.29 is 23.5 Å². The molecule has 9 heterocycles. The Hall–Kier alpha value is -8.08. The Bertz CT molecular complexity index is 2810. The lowest BCUT2D eigenvalue weighted by molar-refractivity contribution is -0.130. The van der Waals surface area contributed by atoms with E-state index < -0.39 is 0 Å². The van der Waals surface area contributed by atoms with Gasteiger partial charge in [-0.2, -0.15) is 34.9 Å². The van der Waals surface area contributed by atoms with E-state index in [1.165, 1.54) is 47.0 Å². The van der Waals surface area contributed by atoms with Crippen molar-refractivity contribution in [2.45, 2.75) is 322 Å². The Labute approximate surface area is 588 Å². The minimum atomic E-state index is -0.382. The molecule has 0 atom stereocenters. The summed E-state index contributed by atoms with van der Waals surface area (Å²) in [5, 5.41) is 38.0. The van der Waals surface area contributed by atoms with Gasteiger partial charge in [0.2, 0.25) is 17.7 Å². The second kappa shape index (κ2) is 67.5. The molecule has 0 bridgehead atoms. The van der Waals surface area contributed by atoms with Crippen molar-refractivity contribution in [2.75, 3.05) is 26.2 Å². The number of hydrazone groups is 2. The molecule has 9 rings (SSSR count). The van der Waals surface area contributed by atoms with Crippen LogP contribution in [0.3, 0.4) is 0 Å². The first-order valence-electron chi connectivity index (χ1n) is 35.6. The fourth-order valence-electron chi connectivity index (χ4n) is 6.95. The van der Waals surface area contributed by atoms with Gasteiger partial charge < -0.3 is 19.0 Å². The number of tetrazole rings is 1. The van der Waals surface area contributed by atoms with Crippen LogP contribution >= 0.6 is 0 Å². The van der Waals surface area contributed by atoms with Gasteiger partial charge in [0.15, 0.2) is 0 Å². The van der Waals surface area contributed by atoms with Gasteiger partial charge in [0.05, 0.1) is 37.1 Å². The highest BCUT2D eigenvalue weighted by Gasteiger charge is 2.24. The number of cyclic esters (lactones) is 1. The number of aromatic nitrogens is 14. The number of likely N-dealkylation sites (tertiary alicyclic amines) is 1. The smallest absolute Gasteiger partial charge is 0.437 e. The molecule has 3 N–H and O–H groups in total. The zero-order chi connectivity index (χ0) is 78.4. The Morgan fingerprint density at radius 3 is 1.21 bits per heavy atom. The lowest BCUT2D eigenvalue weighted by atomic mass is 10.3. The number of hydrogen-bond donors (Lipinski definition) is 3. The molecule has 4 aliphatic heterocycles. The molecule has 2 fully saturated rings. The number of ether oxygens (including phenoxy) is 1. The maximum atomic E-state index is 11.0. The highest BCUT2D eigenvalue weighted by atomic mass is 16.6. The van der Waals surface area contributed by atoms with Gasteiger partial charge in [0, 0.05) is 87.8 Å². The summed E-state index contributed by atoms with van der Waals surface area (Å²) >= 11 is 0. The molecule has 5 aromatic heterocycles. The maximum absolute atomic E-state index is 11.0. The third-order valence-corrected chi connectivity index (χ3v) is 11.3. The number of aryl methyl sites for hydroxylation is 1. The van der Waals surface area contributed by atoms with Crippen LogP contribution < -0.4 is 28.4 Å². The monoisotopic (exact) mass is 1400 g/mol. The van der Waals surface area contributed by atoms with Crippen molar-refractivity contribution in [3.8, 4) is 0 Å². The molecule has 0 radical (unpaired) electrons. The van der Waals surface area contributed by atoms with Gasteiger partial charge >= 0.3 is 28.9 Å². The third kappa shape index (κ3) is 47.8. The molecule has 4 aliphatic rings. The lowest BCUT2D eigenvalue weighted by Crippen LogP contribution is -2.31. The minimum absolute atomic E-state index is 0.0440. The molecule has 0 unspecified atom stereocenters. The number of carbonyl (C=O) groups excluding carboxylic acids is 3. The zero-order valence-corrected chi connectivity index (χ0v) is 67.6. The second-order valence-electron chi connectivity index (χ2n) is 21.0. The van der Waals surface area contributed by atoms with Crippen molar-refractivity contribution in [3.63, 3.8) is 0 Å². The van der Waals surface area contributed by atoms with Crippen LogP contribution in [0.1, 0.15) is 297 Å². The predicted octanol–water partition coefficient (Wildman–Crippen LogP) is 13.2. The van der Waals surface area contributed by atoms with E-state index in [4.69, 9.17) is 4.74 Å². The maximum Gasteiger partial charge on any atom is 0.437 e. The van der Waals surface area contributed by atoms with E-state index in [-0.39, 0.29) is 82.7 Å². The molecule has 5 aromatic rings. The summed E-state index contributed by atoms with van der Waals surface area (Å²) in [6.45, 7) is 72.3. The van der Waals surface area contributed by atoms with E-state index in [1.807, 2.05) is 219 Å². The number of nitrogens with zero attached hydrogens (tertiary/aromatic N) is 17. The average Bonchev–Trinajstić information content (AvgIpc) is 1.84. The Morgan fingerprint density at radius 2 is 1.01 bits per heavy atom. The fourth-order valence-corrected chi connectivity index (χ4v) is 6.95. The van der Waals surface area contributed by atoms with Gasteiger partial charge in [0.25, 0.3) is 5.56 Å². The van der Waals surface area contributed by atoms with E-state index in [0.717, 1.165) is 38.9 Å². The van der Waals surface area contributed by atoms with E-state index in [0.29, 0.717) is 36.9 Å².